The predicted octanol–water partition coefficient (Wildman–Crippen LogP) is 4.61. The summed E-state index contributed by atoms with van der Waals surface area (Å²) in [5.74, 6) is 0. The number of hydrogen-bond acceptors (Lipinski definition) is 5. The third-order valence-electron chi connectivity index (χ3n) is 5.55. The zero-order valence-electron chi connectivity index (χ0n) is 19.1. The van der Waals surface area contributed by atoms with Gasteiger partial charge in [0.1, 0.15) is 0 Å². The van der Waals surface area contributed by atoms with Gasteiger partial charge in [0.25, 0.3) is 0 Å². The molecule has 3 aromatic carbocycles. The third-order valence-corrected chi connectivity index (χ3v) is 5.55. The molecule has 0 saturated carbocycles. The van der Waals surface area contributed by atoms with Gasteiger partial charge in [-0.15, -0.1) is 0 Å². The minimum Gasteiger partial charge on any atom is -0.403 e. The summed E-state index contributed by atoms with van der Waals surface area (Å²) in [5, 5.41) is 12.7. The second-order valence-corrected chi connectivity index (χ2v) is 7.86. The van der Waals surface area contributed by atoms with Gasteiger partial charge in [-0.05, 0) is 59.0 Å². The molecule has 3 aromatic rings. The molecule has 3 rings (SSSR count). The minimum atomic E-state index is 0.568. The molecule has 0 radical (unpaired) electrons. The van der Waals surface area contributed by atoms with E-state index in [1.165, 1.54) is 17.3 Å². The van der Waals surface area contributed by atoms with Crippen molar-refractivity contribution in [3.63, 3.8) is 0 Å². The normalized spacial score (nSPS) is 11.1. The topological polar surface area (TPSA) is 91.1 Å². The van der Waals surface area contributed by atoms with Gasteiger partial charge in [0, 0.05) is 37.2 Å². The van der Waals surface area contributed by atoms with Crippen molar-refractivity contribution in [2.45, 2.75) is 13.5 Å². The van der Waals surface area contributed by atoms with Crippen LogP contribution >= 0.6 is 0 Å². The summed E-state index contributed by atoms with van der Waals surface area (Å²) in [5.41, 5.74) is 19.5. The van der Waals surface area contributed by atoms with Gasteiger partial charge >= 0.3 is 0 Å². The number of nitrogens with one attached hydrogen (secondary N) is 1. The van der Waals surface area contributed by atoms with Crippen LogP contribution in [0.15, 0.2) is 91.3 Å². The maximum atomic E-state index is 9.15. The molecule has 0 fully saturated rings. The summed E-state index contributed by atoms with van der Waals surface area (Å²) in [6, 6.07) is 26.6. The summed E-state index contributed by atoms with van der Waals surface area (Å²) >= 11 is 0. The highest BCUT2D eigenvalue weighted by atomic mass is 15.1. The third kappa shape index (κ3) is 6.25. The predicted molar refractivity (Wildman–Crippen MR) is 138 cm³/mol. The highest BCUT2D eigenvalue weighted by Gasteiger charge is 2.13. The van der Waals surface area contributed by atoms with E-state index >= 15 is 0 Å². The average molecular weight is 438 g/mol. The summed E-state index contributed by atoms with van der Waals surface area (Å²) in [6.45, 7) is 8.96. The molecule has 0 aliphatic carbocycles. The van der Waals surface area contributed by atoms with Crippen molar-refractivity contribution in [2.24, 2.45) is 11.5 Å². The summed E-state index contributed by atoms with van der Waals surface area (Å²) in [4.78, 5) is 2.22. The zero-order chi connectivity index (χ0) is 23.6. The molecule has 5 N–H and O–H groups in total. The van der Waals surface area contributed by atoms with E-state index in [2.05, 4.69) is 60.1 Å². The molecule has 0 amide bonds. The first-order chi connectivity index (χ1) is 16.0. The number of nitrogens with two attached hydrogens (primary N) is 2. The molecule has 0 bridgehead atoms. The van der Waals surface area contributed by atoms with Crippen molar-refractivity contribution < 1.29 is 0 Å². The van der Waals surface area contributed by atoms with Crippen molar-refractivity contribution in [1.29, 1.82) is 5.26 Å². The molecular weight excluding hydrogens is 406 g/mol. The van der Waals surface area contributed by atoms with Gasteiger partial charge < -0.3 is 21.7 Å². The maximum Gasteiger partial charge on any atom is 0.0991 e. The van der Waals surface area contributed by atoms with Crippen LogP contribution in [0.2, 0.25) is 0 Å². The van der Waals surface area contributed by atoms with Crippen LogP contribution in [-0.4, -0.2) is 19.6 Å². The zero-order valence-corrected chi connectivity index (χ0v) is 19.1. The lowest BCUT2D eigenvalue weighted by atomic mass is 10.0. The molecule has 0 unspecified atom stereocenters. The standard InChI is InChI=1S/C28H31N5/c1-3-33(20-27(31)17-30)28-13-12-25(23-9-5-4-6-10-23)15-26(28)19-32-18-21(2)24-11-7-8-22(14-24)16-29/h4-15,17,32H,2-3,18-20,30-31H2,1H3/b27-17-. The monoisotopic (exact) mass is 437 g/mol. The fourth-order valence-electron chi connectivity index (χ4n) is 3.74. The second-order valence-electron chi connectivity index (χ2n) is 7.86. The lowest BCUT2D eigenvalue weighted by molar-refractivity contribution is 0.758. The molecule has 0 saturated heterocycles. The Labute approximate surface area is 196 Å². The Morgan fingerprint density at radius 1 is 1.06 bits per heavy atom. The molecule has 33 heavy (non-hydrogen) atoms. The first-order valence-corrected chi connectivity index (χ1v) is 11.0. The van der Waals surface area contributed by atoms with Crippen molar-refractivity contribution in [2.75, 3.05) is 24.5 Å². The van der Waals surface area contributed by atoms with E-state index in [4.69, 9.17) is 16.7 Å². The van der Waals surface area contributed by atoms with E-state index in [1.807, 2.05) is 36.4 Å². The van der Waals surface area contributed by atoms with Crippen molar-refractivity contribution in [3.05, 3.63) is 108 Å². The van der Waals surface area contributed by atoms with Crippen LogP contribution in [0.5, 0.6) is 0 Å². The van der Waals surface area contributed by atoms with Crippen LogP contribution in [0.3, 0.4) is 0 Å². The average Bonchev–Trinajstić information content (AvgIpc) is 2.87. The lowest BCUT2D eigenvalue weighted by Crippen LogP contribution is -2.30. The Morgan fingerprint density at radius 3 is 2.55 bits per heavy atom. The van der Waals surface area contributed by atoms with E-state index in [-0.39, 0.29) is 0 Å². The quantitative estimate of drug-likeness (QED) is 0.431. The molecule has 5 heteroatoms. The van der Waals surface area contributed by atoms with Crippen molar-refractivity contribution in [1.82, 2.24) is 5.32 Å². The molecule has 0 atom stereocenters. The summed E-state index contributed by atoms with van der Waals surface area (Å²) < 4.78 is 0. The van der Waals surface area contributed by atoms with Gasteiger partial charge in [-0.1, -0.05) is 55.1 Å². The molecule has 0 aliphatic rings. The Hall–Kier alpha value is -4.01. The number of hydrogen-bond donors (Lipinski definition) is 3. The number of likely N-dealkylation sites (N-methyl/N-ethyl adjacent to an activating group) is 1. The van der Waals surface area contributed by atoms with E-state index in [9.17, 15) is 0 Å². The SMILES string of the molecule is C=C(CNCc1cc(-c2ccccc2)ccc1N(CC)C/C(N)=C/N)c1cccc(C#N)c1. The summed E-state index contributed by atoms with van der Waals surface area (Å²) in [6.07, 6.45) is 1.46. The fourth-order valence-corrected chi connectivity index (χ4v) is 3.74. The summed E-state index contributed by atoms with van der Waals surface area (Å²) in [7, 11) is 0. The Balaban J connectivity index is 1.83. The van der Waals surface area contributed by atoms with E-state index in [1.54, 1.807) is 6.07 Å². The first-order valence-electron chi connectivity index (χ1n) is 11.0. The lowest BCUT2D eigenvalue weighted by Gasteiger charge is -2.27. The molecule has 168 valence electrons. The largest absolute Gasteiger partial charge is 0.403 e. The Bertz CT molecular complexity index is 1160. The van der Waals surface area contributed by atoms with Crippen molar-refractivity contribution >= 4 is 11.3 Å². The molecule has 0 spiro atoms. The first kappa shape index (κ1) is 23.6. The number of nitriles is 1. The maximum absolute atomic E-state index is 9.15. The van der Waals surface area contributed by atoms with E-state index in [0.717, 1.165) is 28.9 Å². The number of nitrogens with zero attached hydrogens (tertiary/aromatic N) is 2. The molecule has 0 heterocycles. The smallest absolute Gasteiger partial charge is 0.0991 e. The van der Waals surface area contributed by atoms with Gasteiger partial charge in [0.2, 0.25) is 0 Å². The van der Waals surface area contributed by atoms with Crippen LogP contribution in [-0.2, 0) is 6.54 Å². The van der Waals surface area contributed by atoms with Crippen LogP contribution in [0, 0.1) is 11.3 Å². The van der Waals surface area contributed by atoms with Gasteiger partial charge in [-0.25, -0.2) is 0 Å². The number of benzene rings is 3. The molecular formula is C28H31N5. The Morgan fingerprint density at radius 2 is 1.85 bits per heavy atom. The highest BCUT2D eigenvalue weighted by Crippen LogP contribution is 2.28. The van der Waals surface area contributed by atoms with Crippen LogP contribution in [0.1, 0.15) is 23.6 Å². The minimum absolute atomic E-state index is 0.568. The molecule has 5 nitrogen and oxygen atoms in total. The second kappa shape index (κ2) is 11.6. The highest BCUT2D eigenvalue weighted by molar-refractivity contribution is 5.70. The number of anilines is 1. The van der Waals surface area contributed by atoms with Gasteiger partial charge in [-0.3, -0.25) is 0 Å². The molecule has 0 aliphatic heterocycles. The fraction of sp³-hybridized carbons (Fsp3) is 0.179. The van der Waals surface area contributed by atoms with E-state index in [0.29, 0.717) is 30.9 Å². The van der Waals surface area contributed by atoms with Crippen molar-refractivity contribution in [3.8, 4) is 17.2 Å². The van der Waals surface area contributed by atoms with Gasteiger partial charge in [-0.2, -0.15) is 5.26 Å². The molecule has 0 aromatic heterocycles. The van der Waals surface area contributed by atoms with Crippen LogP contribution < -0.4 is 21.7 Å². The Kier molecular flexibility index (Phi) is 8.29. The van der Waals surface area contributed by atoms with Gasteiger partial charge in [0.05, 0.1) is 18.2 Å². The van der Waals surface area contributed by atoms with Crippen LogP contribution in [0.4, 0.5) is 5.69 Å². The van der Waals surface area contributed by atoms with Gasteiger partial charge in [0.15, 0.2) is 0 Å². The number of rotatable bonds is 10. The van der Waals surface area contributed by atoms with E-state index < -0.39 is 0 Å². The van der Waals surface area contributed by atoms with Crippen LogP contribution in [0.25, 0.3) is 16.7 Å².